The molecule has 3 nitrogen and oxygen atoms in total. The van der Waals surface area contributed by atoms with E-state index in [4.69, 9.17) is 34.7 Å². The molecule has 0 aliphatic carbocycles. The Bertz CT molecular complexity index is 660. The number of nitrogens with two attached hydrogens (primary N) is 2. The number of anilines is 1. The van der Waals surface area contributed by atoms with Crippen LogP contribution in [-0.2, 0) is 6.54 Å². The number of hydrogen-bond acceptors (Lipinski definition) is 3. The molecule has 0 fully saturated rings. The van der Waals surface area contributed by atoms with Gasteiger partial charge in [-0.3, -0.25) is 0 Å². The van der Waals surface area contributed by atoms with E-state index in [0.717, 1.165) is 11.1 Å². The first-order chi connectivity index (χ1) is 9.56. The molecule has 0 saturated heterocycles. The summed E-state index contributed by atoms with van der Waals surface area (Å²) in [5, 5.41) is 10.5. The second-order valence-electron chi connectivity index (χ2n) is 4.39. The van der Waals surface area contributed by atoms with Crippen molar-refractivity contribution in [2.75, 3.05) is 5.73 Å². The minimum Gasteiger partial charge on any atom is -0.398 e. The van der Waals surface area contributed by atoms with Crippen molar-refractivity contribution >= 4 is 28.9 Å². The lowest BCUT2D eigenvalue weighted by Gasteiger charge is -2.15. The lowest BCUT2D eigenvalue weighted by atomic mass is 9.91. The van der Waals surface area contributed by atoms with Gasteiger partial charge in [0.25, 0.3) is 0 Å². The van der Waals surface area contributed by atoms with Gasteiger partial charge in [0.2, 0.25) is 0 Å². The molecule has 0 aromatic heterocycles. The Morgan fingerprint density at radius 3 is 2.35 bits per heavy atom. The van der Waals surface area contributed by atoms with Gasteiger partial charge in [-0.15, -0.1) is 0 Å². The zero-order chi connectivity index (χ0) is 14.7. The van der Waals surface area contributed by atoms with Crippen molar-refractivity contribution in [1.82, 2.24) is 0 Å². The van der Waals surface area contributed by atoms with Gasteiger partial charge in [-0.2, -0.15) is 5.26 Å². The summed E-state index contributed by atoms with van der Waals surface area (Å²) in [7, 11) is 0. The van der Waals surface area contributed by atoms with E-state index in [9.17, 15) is 5.26 Å². The van der Waals surface area contributed by atoms with Gasteiger partial charge in [-0.1, -0.05) is 35.3 Å². The van der Waals surface area contributed by atoms with Crippen LogP contribution in [-0.4, -0.2) is 0 Å². The monoisotopic (exact) mass is 305 g/mol. The first-order valence-corrected chi connectivity index (χ1v) is 6.75. The lowest BCUT2D eigenvalue weighted by Crippen LogP contribution is -2.06. The Balaban J connectivity index is 2.52. The maximum Gasteiger partial charge on any atom is 0.0977 e. The summed E-state index contributed by atoms with van der Waals surface area (Å²) >= 11 is 12.1. The first-order valence-electron chi connectivity index (χ1n) is 5.99. The molecular weight excluding hydrogens is 293 g/mol. The number of halogens is 2. The molecule has 5 heteroatoms. The van der Waals surface area contributed by atoms with Crippen molar-refractivity contribution in [3.05, 3.63) is 63.1 Å². The molecule has 2 aromatic carbocycles. The van der Waals surface area contributed by atoms with Gasteiger partial charge < -0.3 is 11.5 Å². The molecule has 20 heavy (non-hydrogen) atoms. The van der Waals surface area contributed by atoms with Crippen molar-refractivity contribution < 1.29 is 0 Å². The summed E-state index contributed by atoms with van der Waals surface area (Å²) in [6.07, 6.45) is 0. The van der Waals surface area contributed by atoms with E-state index < -0.39 is 5.92 Å². The van der Waals surface area contributed by atoms with Crippen LogP contribution in [0.1, 0.15) is 22.6 Å². The highest BCUT2D eigenvalue weighted by molar-refractivity contribution is 6.32. The van der Waals surface area contributed by atoms with Gasteiger partial charge in [0.15, 0.2) is 0 Å². The molecule has 1 atom stereocenters. The molecule has 0 radical (unpaired) electrons. The van der Waals surface area contributed by atoms with Crippen LogP contribution in [0, 0.1) is 11.3 Å². The maximum absolute atomic E-state index is 9.46. The predicted octanol–water partition coefficient (Wildman–Crippen LogP) is 3.69. The van der Waals surface area contributed by atoms with Gasteiger partial charge in [-0.05, 0) is 41.0 Å². The van der Waals surface area contributed by atoms with Crippen molar-refractivity contribution in [2.24, 2.45) is 5.73 Å². The number of nitrogens with zero attached hydrogens (tertiary/aromatic N) is 1. The zero-order valence-electron chi connectivity index (χ0n) is 10.6. The fourth-order valence-corrected chi connectivity index (χ4v) is 2.44. The molecule has 0 bridgehead atoms. The molecule has 0 heterocycles. The Morgan fingerprint density at radius 1 is 1.15 bits per heavy atom. The highest BCUT2D eigenvalue weighted by atomic mass is 35.5. The first kappa shape index (κ1) is 14.7. The van der Waals surface area contributed by atoms with E-state index in [0.29, 0.717) is 27.8 Å². The fourth-order valence-electron chi connectivity index (χ4n) is 2.03. The second-order valence-corrected chi connectivity index (χ2v) is 5.23. The Labute approximate surface area is 127 Å². The molecule has 0 amide bonds. The number of hydrogen-bond donors (Lipinski definition) is 2. The van der Waals surface area contributed by atoms with Gasteiger partial charge in [-0.25, -0.2) is 0 Å². The lowest BCUT2D eigenvalue weighted by molar-refractivity contribution is 1.01. The Morgan fingerprint density at radius 2 is 1.80 bits per heavy atom. The van der Waals surface area contributed by atoms with Crippen LogP contribution in [0.2, 0.25) is 10.0 Å². The van der Waals surface area contributed by atoms with Crippen molar-refractivity contribution in [3.8, 4) is 6.07 Å². The molecular formula is C15H13Cl2N3. The average Bonchev–Trinajstić information content (AvgIpc) is 2.43. The molecule has 0 aliphatic heterocycles. The van der Waals surface area contributed by atoms with Crippen LogP contribution in [0.15, 0.2) is 36.4 Å². The molecule has 0 aliphatic rings. The van der Waals surface area contributed by atoms with E-state index in [-0.39, 0.29) is 0 Å². The average molecular weight is 306 g/mol. The number of nitriles is 1. The molecule has 102 valence electrons. The topological polar surface area (TPSA) is 75.8 Å². The van der Waals surface area contributed by atoms with Crippen molar-refractivity contribution in [1.29, 1.82) is 5.26 Å². The van der Waals surface area contributed by atoms with E-state index in [1.165, 1.54) is 0 Å². The van der Waals surface area contributed by atoms with Crippen LogP contribution in [0.5, 0.6) is 0 Å². The third-order valence-electron chi connectivity index (χ3n) is 3.12. The summed E-state index contributed by atoms with van der Waals surface area (Å²) in [5.74, 6) is -0.481. The van der Waals surface area contributed by atoms with Gasteiger partial charge in [0.1, 0.15) is 0 Å². The van der Waals surface area contributed by atoms with Crippen molar-refractivity contribution in [2.45, 2.75) is 12.5 Å². The molecule has 2 aromatic rings. The largest absolute Gasteiger partial charge is 0.398 e. The smallest absolute Gasteiger partial charge is 0.0977 e. The molecule has 2 rings (SSSR count). The van der Waals surface area contributed by atoms with Gasteiger partial charge in [0.05, 0.1) is 12.0 Å². The summed E-state index contributed by atoms with van der Waals surface area (Å²) in [6.45, 7) is 0.300. The third kappa shape index (κ3) is 2.88. The molecule has 4 N–H and O–H groups in total. The summed E-state index contributed by atoms with van der Waals surface area (Å²) < 4.78 is 0. The predicted molar refractivity (Wildman–Crippen MR) is 82.7 cm³/mol. The maximum atomic E-state index is 9.46. The van der Waals surface area contributed by atoms with E-state index in [1.807, 2.05) is 12.1 Å². The summed E-state index contributed by atoms with van der Waals surface area (Å²) in [4.78, 5) is 0. The van der Waals surface area contributed by atoms with Crippen LogP contribution in [0.4, 0.5) is 5.69 Å². The zero-order valence-corrected chi connectivity index (χ0v) is 12.1. The minimum atomic E-state index is -0.481. The quantitative estimate of drug-likeness (QED) is 0.849. The highest BCUT2D eigenvalue weighted by Gasteiger charge is 2.18. The van der Waals surface area contributed by atoms with E-state index in [1.54, 1.807) is 24.3 Å². The fraction of sp³-hybridized carbons (Fsp3) is 0.133. The van der Waals surface area contributed by atoms with Gasteiger partial charge >= 0.3 is 0 Å². The van der Waals surface area contributed by atoms with Crippen LogP contribution >= 0.6 is 23.2 Å². The normalized spacial score (nSPS) is 11.9. The molecule has 1 unspecified atom stereocenters. The SMILES string of the molecule is N#CC(c1ccc(Cl)cc1)c1cc(CN)c(N)cc1Cl. The standard InChI is InChI=1S/C15H13Cl2N3/c16-11-3-1-9(2-4-11)13(8-19)12-5-10(7-18)15(20)6-14(12)17/h1-6,13H,7,18,20H2. The highest BCUT2D eigenvalue weighted by Crippen LogP contribution is 2.33. The number of nitrogen functional groups attached to an aromatic ring is 1. The number of benzene rings is 2. The summed E-state index contributed by atoms with van der Waals surface area (Å²) in [5.41, 5.74) is 14.3. The second kappa shape index (κ2) is 6.15. The van der Waals surface area contributed by atoms with E-state index >= 15 is 0 Å². The Hall–Kier alpha value is -1.73. The third-order valence-corrected chi connectivity index (χ3v) is 3.70. The Kier molecular flexibility index (Phi) is 4.51. The van der Waals surface area contributed by atoms with Gasteiger partial charge in [0, 0.05) is 22.3 Å². The van der Waals surface area contributed by atoms with Crippen LogP contribution in [0.25, 0.3) is 0 Å². The minimum absolute atomic E-state index is 0.300. The van der Waals surface area contributed by atoms with Crippen LogP contribution < -0.4 is 11.5 Å². The number of rotatable bonds is 3. The molecule has 0 spiro atoms. The molecule has 0 saturated carbocycles. The van der Waals surface area contributed by atoms with Crippen molar-refractivity contribution in [3.63, 3.8) is 0 Å². The van der Waals surface area contributed by atoms with E-state index in [2.05, 4.69) is 6.07 Å². The summed E-state index contributed by atoms with van der Waals surface area (Å²) in [6, 6.07) is 12.8. The van der Waals surface area contributed by atoms with Crippen LogP contribution in [0.3, 0.4) is 0 Å².